The van der Waals surface area contributed by atoms with Gasteiger partial charge in [0.05, 0.1) is 4.90 Å². The molecule has 0 saturated carbocycles. The fourth-order valence-electron chi connectivity index (χ4n) is 1.49. The Morgan fingerprint density at radius 1 is 1.00 bits per heavy atom. The van der Waals surface area contributed by atoms with Gasteiger partial charge in [0, 0.05) is 23.1 Å². The van der Waals surface area contributed by atoms with E-state index < -0.39 is 10.0 Å². The van der Waals surface area contributed by atoms with Crippen LogP contribution in [-0.2, 0) is 10.0 Å². The molecular formula is C15H12BrNO2S. The molecule has 0 fully saturated rings. The van der Waals surface area contributed by atoms with Gasteiger partial charge in [-0.1, -0.05) is 34.1 Å². The van der Waals surface area contributed by atoms with Crippen molar-refractivity contribution in [2.24, 2.45) is 0 Å². The Balaban J connectivity index is 2.27. The van der Waals surface area contributed by atoms with Crippen LogP contribution in [0.2, 0.25) is 0 Å². The van der Waals surface area contributed by atoms with Gasteiger partial charge in [0.2, 0.25) is 0 Å². The molecule has 0 aliphatic heterocycles. The van der Waals surface area contributed by atoms with Gasteiger partial charge in [0.1, 0.15) is 0 Å². The van der Waals surface area contributed by atoms with Crippen LogP contribution in [0.5, 0.6) is 0 Å². The van der Waals surface area contributed by atoms with Crippen molar-refractivity contribution in [1.82, 2.24) is 4.31 Å². The van der Waals surface area contributed by atoms with Gasteiger partial charge in [-0.15, -0.1) is 0 Å². The summed E-state index contributed by atoms with van der Waals surface area (Å²) >= 11 is 3.27. The van der Waals surface area contributed by atoms with E-state index in [0.717, 1.165) is 14.3 Å². The molecule has 102 valence electrons. The maximum atomic E-state index is 12.3. The summed E-state index contributed by atoms with van der Waals surface area (Å²) in [4.78, 5) is 0.213. The van der Waals surface area contributed by atoms with Crippen molar-refractivity contribution in [3.05, 3.63) is 64.6 Å². The lowest BCUT2D eigenvalue weighted by Crippen LogP contribution is -2.21. The van der Waals surface area contributed by atoms with Gasteiger partial charge in [0.15, 0.2) is 0 Å². The SMILES string of the molecule is CN(C#Cc1ccccc1)S(=O)(=O)c1ccc(Br)cc1. The number of sulfonamides is 1. The first-order valence-corrected chi connectivity index (χ1v) is 8.04. The van der Waals surface area contributed by atoms with Gasteiger partial charge in [-0.2, -0.15) is 0 Å². The molecule has 0 N–H and O–H groups in total. The molecule has 2 aromatic carbocycles. The Hall–Kier alpha value is -1.77. The molecule has 0 bridgehead atoms. The van der Waals surface area contributed by atoms with Crippen LogP contribution in [0.1, 0.15) is 5.56 Å². The number of hydrogen-bond donors (Lipinski definition) is 0. The number of benzene rings is 2. The van der Waals surface area contributed by atoms with Gasteiger partial charge < -0.3 is 0 Å². The third-order valence-corrected chi connectivity index (χ3v) is 4.81. The van der Waals surface area contributed by atoms with E-state index >= 15 is 0 Å². The highest BCUT2D eigenvalue weighted by Crippen LogP contribution is 2.17. The van der Waals surface area contributed by atoms with E-state index in [9.17, 15) is 8.42 Å². The van der Waals surface area contributed by atoms with Gasteiger partial charge in [-0.3, -0.25) is 0 Å². The average Bonchev–Trinajstić information content (AvgIpc) is 2.46. The molecule has 0 saturated heterocycles. The Kier molecular flexibility index (Phi) is 4.48. The largest absolute Gasteiger partial charge is 0.270 e. The maximum Gasteiger partial charge on any atom is 0.270 e. The van der Waals surface area contributed by atoms with Crippen molar-refractivity contribution < 1.29 is 8.42 Å². The Morgan fingerprint density at radius 3 is 2.20 bits per heavy atom. The standard InChI is InChI=1S/C15H12BrNO2S/c1-17(12-11-13-5-3-2-4-6-13)20(18,19)15-9-7-14(16)8-10-15/h2-10H,1H3. The lowest BCUT2D eigenvalue weighted by Gasteiger charge is -2.11. The lowest BCUT2D eigenvalue weighted by atomic mass is 10.2. The first-order chi connectivity index (χ1) is 9.50. The number of halogens is 1. The summed E-state index contributed by atoms with van der Waals surface area (Å²) in [6, 6.07) is 18.3. The van der Waals surface area contributed by atoms with Crippen molar-refractivity contribution in [2.75, 3.05) is 7.05 Å². The summed E-state index contributed by atoms with van der Waals surface area (Å²) in [7, 11) is -2.15. The molecule has 5 heteroatoms. The van der Waals surface area contributed by atoms with E-state index in [0.29, 0.717) is 0 Å². The highest BCUT2D eigenvalue weighted by molar-refractivity contribution is 9.10. The summed E-state index contributed by atoms with van der Waals surface area (Å²) in [5.41, 5.74) is 0.769. The van der Waals surface area contributed by atoms with E-state index in [2.05, 4.69) is 27.9 Å². The molecule has 0 spiro atoms. The van der Waals surface area contributed by atoms with Crippen molar-refractivity contribution in [1.29, 1.82) is 0 Å². The van der Waals surface area contributed by atoms with E-state index in [4.69, 9.17) is 0 Å². The zero-order valence-electron chi connectivity index (χ0n) is 10.7. The third-order valence-electron chi connectivity index (χ3n) is 2.60. The van der Waals surface area contributed by atoms with E-state index in [1.54, 1.807) is 24.3 Å². The summed E-state index contributed by atoms with van der Waals surface area (Å²) < 4.78 is 26.4. The topological polar surface area (TPSA) is 37.4 Å². The minimum Gasteiger partial charge on any atom is -0.227 e. The van der Waals surface area contributed by atoms with Crippen LogP contribution in [0.15, 0.2) is 64.0 Å². The molecule has 0 radical (unpaired) electrons. The fraction of sp³-hybridized carbons (Fsp3) is 0.0667. The Labute approximate surface area is 127 Å². The Morgan fingerprint density at radius 2 is 1.60 bits per heavy atom. The highest BCUT2D eigenvalue weighted by atomic mass is 79.9. The molecule has 2 aromatic rings. The normalized spacial score (nSPS) is 10.5. The van der Waals surface area contributed by atoms with Crippen LogP contribution in [-0.4, -0.2) is 19.8 Å². The Bertz CT molecular complexity index is 744. The van der Waals surface area contributed by atoms with Crippen molar-refractivity contribution in [3.63, 3.8) is 0 Å². The second kappa shape index (κ2) is 6.12. The molecular weight excluding hydrogens is 338 g/mol. The molecule has 0 aliphatic carbocycles. The second-order valence-electron chi connectivity index (χ2n) is 4.03. The zero-order chi connectivity index (χ0) is 14.6. The summed E-state index contributed by atoms with van der Waals surface area (Å²) in [6.07, 6.45) is 0. The molecule has 0 unspecified atom stereocenters. The minimum absolute atomic E-state index is 0.213. The first kappa shape index (κ1) is 14.6. The van der Waals surface area contributed by atoms with Crippen LogP contribution >= 0.6 is 15.9 Å². The molecule has 0 amide bonds. The minimum atomic E-state index is -3.59. The summed E-state index contributed by atoms with van der Waals surface area (Å²) in [5.74, 6) is 2.82. The van der Waals surface area contributed by atoms with Gasteiger partial charge in [-0.05, 0) is 42.3 Å². The second-order valence-corrected chi connectivity index (χ2v) is 6.91. The van der Waals surface area contributed by atoms with Crippen LogP contribution in [0.25, 0.3) is 0 Å². The van der Waals surface area contributed by atoms with Gasteiger partial charge >= 0.3 is 0 Å². The maximum absolute atomic E-state index is 12.3. The van der Waals surface area contributed by atoms with E-state index in [1.807, 2.05) is 30.3 Å². The zero-order valence-corrected chi connectivity index (χ0v) is 13.1. The summed E-state index contributed by atoms with van der Waals surface area (Å²) in [6.45, 7) is 0. The van der Waals surface area contributed by atoms with Gasteiger partial charge in [-0.25, -0.2) is 12.7 Å². The summed E-state index contributed by atoms with van der Waals surface area (Å²) in [5, 5.41) is 0. The van der Waals surface area contributed by atoms with Crippen LogP contribution < -0.4 is 0 Å². The molecule has 0 heterocycles. The predicted octanol–water partition coefficient (Wildman–Crippen LogP) is 3.08. The molecule has 2 rings (SSSR count). The van der Waals surface area contributed by atoms with Crippen molar-refractivity contribution in [3.8, 4) is 12.0 Å². The van der Waals surface area contributed by atoms with Crippen LogP contribution in [0, 0.1) is 12.0 Å². The number of rotatable bonds is 2. The first-order valence-electron chi connectivity index (χ1n) is 5.81. The quantitative estimate of drug-likeness (QED) is 0.617. The highest BCUT2D eigenvalue weighted by Gasteiger charge is 2.17. The monoisotopic (exact) mass is 349 g/mol. The number of hydrogen-bond acceptors (Lipinski definition) is 2. The number of nitrogens with zero attached hydrogens (tertiary/aromatic N) is 1. The average molecular weight is 350 g/mol. The van der Waals surface area contributed by atoms with Crippen LogP contribution in [0.3, 0.4) is 0 Å². The molecule has 0 aromatic heterocycles. The molecule has 20 heavy (non-hydrogen) atoms. The van der Waals surface area contributed by atoms with E-state index in [1.165, 1.54) is 7.05 Å². The molecule has 0 aliphatic rings. The third kappa shape index (κ3) is 3.41. The predicted molar refractivity (Wildman–Crippen MR) is 82.4 cm³/mol. The molecule has 3 nitrogen and oxygen atoms in total. The lowest BCUT2D eigenvalue weighted by molar-refractivity contribution is 0.547. The smallest absolute Gasteiger partial charge is 0.227 e. The van der Waals surface area contributed by atoms with Crippen molar-refractivity contribution >= 4 is 26.0 Å². The van der Waals surface area contributed by atoms with Crippen LogP contribution in [0.4, 0.5) is 0 Å². The molecule has 0 atom stereocenters. The van der Waals surface area contributed by atoms with E-state index in [-0.39, 0.29) is 4.90 Å². The van der Waals surface area contributed by atoms with Crippen molar-refractivity contribution in [2.45, 2.75) is 4.90 Å². The fourth-order valence-corrected chi connectivity index (χ4v) is 2.72. The van der Waals surface area contributed by atoms with Gasteiger partial charge in [0.25, 0.3) is 10.0 Å².